The van der Waals surface area contributed by atoms with E-state index in [4.69, 9.17) is 16.7 Å². The molecule has 5 rings (SSSR count). The summed E-state index contributed by atoms with van der Waals surface area (Å²) in [6.07, 6.45) is 0. The number of rotatable bonds is 0. The molecule has 0 bridgehead atoms. The predicted molar refractivity (Wildman–Crippen MR) is 148 cm³/mol. The first-order valence-corrected chi connectivity index (χ1v) is 11.6. The molecule has 0 aliphatic rings. The van der Waals surface area contributed by atoms with Crippen molar-refractivity contribution in [2.75, 3.05) is 11.5 Å². The Balaban J connectivity index is 0.000000155. The maximum Gasteiger partial charge on any atom is 0.131 e. The van der Waals surface area contributed by atoms with Gasteiger partial charge in [-0.05, 0) is 77.0 Å². The highest BCUT2D eigenvalue weighted by atomic mass is 79.9. The first-order valence-electron chi connectivity index (χ1n) is 10.8. The topological polar surface area (TPSA) is 88.7 Å². The summed E-state index contributed by atoms with van der Waals surface area (Å²) < 4.78 is 1.00. The number of nitriles is 1. The third kappa shape index (κ3) is 5.72. The number of aryl methyl sites for hydroxylation is 3. The zero-order valence-electron chi connectivity index (χ0n) is 19.5. The van der Waals surface area contributed by atoms with E-state index in [1.54, 1.807) is 0 Å². The molecule has 0 atom stereocenters. The monoisotopic (exact) mass is 510 g/mol. The largest absolute Gasteiger partial charge is 0.398 e. The Hall–Kier alpha value is -3.88. The molecule has 0 aliphatic heterocycles. The Labute approximate surface area is 209 Å². The van der Waals surface area contributed by atoms with Crippen molar-refractivity contribution in [2.24, 2.45) is 0 Å². The van der Waals surface area contributed by atoms with Gasteiger partial charge in [0, 0.05) is 20.9 Å². The minimum Gasteiger partial charge on any atom is -0.398 e. The van der Waals surface area contributed by atoms with Gasteiger partial charge >= 0.3 is 0 Å². The maximum atomic E-state index is 8.47. The van der Waals surface area contributed by atoms with E-state index in [9.17, 15) is 0 Å². The summed E-state index contributed by atoms with van der Waals surface area (Å²) in [7, 11) is 0. The van der Waals surface area contributed by atoms with Crippen molar-refractivity contribution < 1.29 is 0 Å². The molecule has 0 spiro atoms. The molecule has 0 unspecified atom stereocenters. The third-order valence-electron chi connectivity index (χ3n) is 5.45. The van der Waals surface area contributed by atoms with Crippen molar-refractivity contribution in [1.29, 1.82) is 5.26 Å². The van der Waals surface area contributed by atoms with Crippen LogP contribution in [0.15, 0.2) is 89.4 Å². The Morgan fingerprint density at radius 3 is 1.91 bits per heavy atom. The number of anilines is 2. The molecule has 34 heavy (non-hydrogen) atoms. The molecule has 4 N–H and O–H groups in total. The van der Waals surface area contributed by atoms with Crippen molar-refractivity contribution in [3.8, 4) is 6.07 Å². The quantitative estimate of drug-likeness (QED) is 0.167. The van der Waals surface area contributed by atoms with Crippen LogP contribution >= 0.6 is 15.9 Å². The molecular weight excluding hydrogens is 484 g/mol. The van der Waals surface area contributed by atoms with E-state index in [1.165, 1.54) is 21.9 Å². The first-order chi connectivity index (χ1) is 16.3. The average molecular weight is 511 g/mol. The Morgan fingerprint density at radius 1 is 0.706 bits per heavy atom. The number of pyridine rings is 1. The van der Waals surface area contributed by atoms with Gasteiger partial charge < -0.3 is 11.5 Å². The van der Waals surface area contributed by atoms with Crippen LogP contribution in [0.2, 0.25) is 0 Å². The van der Waals surface area contributed by atoms with Crippen LogP contribution in [-0.2, 0) is 0 Å². The SMILES string of the molecule is Cc1cccc(N)c1Br.Cc1cccc2nc(N)c3ccccc3c12.Cc1ccccc1C#N. The van der Waals surface area contributed by atoms with Crippen molar-refractivity contribution >= 4 is 49.1 Å². The van der Waals surface area contributed by atoms with E-state index in [0.29, 0.717) is 5.82 Å². The van der Waals surface area contributed by atoms with Crippen LogP contribution in [-0.4, -0.2) is 4.98 Å². The number of hydrogen-bond donors (Lipinski definition) is 2. The molecule has 4 aromatic carbocycles. The number of nitrogen functional groups attached to an aromatic ring is 2. The molecule has 0 fully saturated rings. The highest BCUT2D eigenvalue weighted by molar-refractivity contribution is 9.10. The lowest BCUT2D eigenvalue weighted by Gasteiger charge is -2.08. The van der Waals surface area contributed by atoms with Crippen molar-refractivity contribution in [2.45, 2.75) is 20.8 Å². The van der Waals surface area contributed by atoms with Gasteiger partial charge in [-0.3, -0.25) is 0 Å². The minimum atomic E-state index is 0.605. The Bertz CT molecular complexity index is 1470. The molecule has 0 aliphatic carbocycles. The molecule has 1 aromatic heterocycles. The first kappa shape index (κ1) is 24.8. The Morgan fingerprint density at radius 2 is 1.29 bits per heavy atom. The molecule has 0 saturated heterocycles. The maximum absolute atomic E-state index is 8.47. The lowest BCUT2D eigenvalue weighted by molar-refractivity contribution is 1.39. The summed E-state index contributed by atoms with van der Waals surface area (Å²) in [6, 6.07) is 29.7. The van der Waals surface area contributed by atoms with Gasteiger partial charge in [-0.15, -0.1) is 0 Å². The number of halogens is 1. The number of nitrogens with two attached hydrogens (primary N) is 2. The number of benzene rings is 4. The molecule has 4 nitrogen and oxygen atoms in total. The van der Waals surface area contributed by atoms with Gasteiger partial charge in [-0.1, -0.05) is 66.7 Å². The molecule has 5 heteroatoms. The second kappa shape index (κ2) is 11.3. The van der Waals surface area contributed by atoms with Crippen molar-refractivity contribution in [3.05, 3.63) is 112 Å². The van der Waals surface area contributed by atoms with Crippen LogP contribution in [0.25, 0.3) is 21.7 Å². The molecule has 0 radical (unpaired) electrons. The highest BCUT2D eigenvalue weighted by Crippen LogP contribution is 2.29. The van der Waals surface area contributed by atoms with E-state index in [1.807, 2.05) is 86.6 Å². The fraction of sp³-hybridized carbons (Fsp3) is 0.103. The van der Waals surface area contributed by atoms with Gasteiger partial charge in [0.15, 0.2) is 0 Å². The summed E-state index contributed by atoms with van der Waals surface area (Å²) >= 11 is 3.35. The van der Waals surface area contributed by atoms with E-state index in [-0.39, 0.29) is 0 Å². The van der Waals surface area contributed by atoms with Gasteiger partial charge in [-0.25, -0.2) is 4.98 Å². The summed E-state index contributed by atoms with van der Waals surface area (Å²) in [5.41, 5.74) is 17.5. The number of hydrogen-bond acceptors (Lipinski definition) is 4. The fourth-order valence-electron chi connectivity index (χ4n) is 3.58. The predicted octanol–water partition coefficient (Wildman–Crippen LogP) is 7.49. The van der Waals surface area contributed by atoms with E-state index in [0.717, 1.165) is 32.2 Å². The molecule has 0 amide bonds. The van der Waals surface area contributed by atoms with Crippen LogP contribution in [0.5, 0.6) is 0 Å². The van der Waals surface area contributed by atoms with Crippen LogP contribution in [0.1, 0.15) is 22.3 Å². The van der Waals surface area contributed by atoms with Crippen LogP contribution in [0.4, 0.5) is 11.5 Å². The Kier molecular flexibility index (Phi) is 8.24. The van der Waals surface area contributed by atoms with Crippen LogP contribution in [0, 0.1) is 32.1 Å². The van der Waals surface area contributed by atoms with Crippen molar-refractivity contribution in [1.82, 2.24) is 4.98 Å². The smallest absolute Gasteiger partial charge is 0.131 e. The summed E-state index contributed by atoms with van der Waals surface area (Å²) in [6.45, 7) is 6.05. The summed E-state index contributed by atoms with van der Waals surface area (Å²) in [5.74, 6) is 0.605. The van der Waals surface area contributed by atoms with Crippen molar-refractivity contribution in [3.63, 3.8) is 0 Å². The lowest BCUT2D eigenvalue weighted by atomic mass is 10.0. The zero-order valence-corrected chi connectivity index (χ0v) is 21.1. The minimum absolute atomic E-state index is 0.605. The van der Waals surface area contributed by atoms with Gasteiger partial charge in [0.2, 0.25) is 0 Å². The zero-order chi connectivity index (χ0) is 24.7. The van der Waals surface area contributed by atoms with E-state index >= 15 is 0 Å². The average Bonchev–Trinajstić information content (AvgIpc) is 2.84. The third-order valence-corrected chi connectivity index (χ3v) is 6.53. The second-order valence-corrected chi connectivity index (χ2v) is 8.71. The second-order valence-electron chi connectivity index (χ2n) is 7.92. The standard InChI is InChI=1S/C14H12N2.C8H7N.C7H8BrN/c1-9-5-4-8-12-13(9)10-6-2-3-7-11(10)14(15)16-12;1-7-4-2-3-5-8(7)6-9;1-5-3-2-4-6(9)7(5)8/h2-8H,1H3,(H2,15,16);2-5H,1H3;2-4H,9H2,1H3. The number of aromatic nitrogens is 1. The number of nitrogens with zero attached hydrogens (tertiary/aromatic N) is 2. The molecule has 5 aromatic rings. The normalized spacial score (nSPS) is 9.97. The van der Waals surface area contributed by atoms with Crippen LogP contribution in [0.3, 0.4) is 0 Å². The lowest BCUT2D eigenvalue weighted by Crippen LogP contribution is -1.94. The molecule has 1 heterocycles. The van der Waals surface area contributed by atoms with Gasteiger partial charge in [0.05, 0.1) is 17.1 Å². The van der Waals surface area contributed by atoms with Gasteiger partial charge in [0.25, 0.3) is 0 Å². The molecule has 0 saturated carbocycles. The summed E-state index contributed by atoms with van der Waals surface area (Å²) in [4.78, 5) is 4.44. The fourth-order valence-corrected chi connectivity index (χ4v) is 3.84. The summed E-state index contributed by atoms with van der Waals surface area (Å²) in [5, 5.41) is 11.9. The van der Waals surface area contributed by atoms with Gasteiger partial charge in [0.1, 0.15) is 5.82 Å². The highest BCUT2D eigenvalue weighted by Gasteiger charge is 2.06. The van der Waals surface area contributed by atoms with Gasteiger partial charge in [-0.2, -0.15) is 5.26 Å². The number of fused-ring (bicyclic) bond motifs is 3. The molecular formula is C29H27BrN4. The van der Waals surface area contributed by atoms with E-state index < -0.39 is 0 Å². The molecule has 170 valence electrons. The van der Waals surface area contributed by atoms with E-state index in [2.05, 4.69) is 46.0 Å². The van der Waals surface area contributed by atoms with Crippen LogP contribution < -0.4 is 11.5 Å².